The van der Waals surface area contributed by atoms with E-state index < -0.39 is 17.7 Å². The molecule has 2 fully saturated rings. The molecule has 162 valence electrons. The highest BCUT2D eigenvalue weighted by atomic mass is 35.5. The smallest absolute Gasteiger partial charge is 0.295 e. The predicted octanol–water partition coefficient (Wildman–Crippen LogP) is 4.81. The molecule has 1 unspecified atom stereocenters. The first-order chi connectivity index (χ1) is 14.9. The van der Waals surface area contributed by atoms with Crippen molar-refractivity contribution in [1.29, 1.82) is 0 Å². The molecule has 2 aliphatic rings. The van der Waals surface area contributed by atoms with Crippen LogP contribution in [0, 0.1) is 0 Å². The number of ketones is 1. The molecule has 1 heterocycles. The Bertz CT molecular complexity index is 1060. The molecule has 1 amide bonds. The highest BCUT2D eigenvalue weighted by Crippen LogP contribution is 2.44. The quantitative estimate of drug-likeness (QED) is 0.395. The highest BCUT2D eigenvalue weighted by Gasteiger charge is 2.49. The number of amides is 1. The number of phenols is 1. The molecule has 0 spiro atoms. The molecule has 1 aliphatic heterocycles. The largest absolute Gasteiger partial charge is 0.508 e. The Labute approximate surface area is 185 Å². The fourth-order valence-electron chi connectivity index (χ4n) is 4.52. The lowest BCUT2D eigenvalue weighted by atomic mass is 9.94. The number of ether oxygens (including phenoxy) is 1. The summed E-state index contributed by atoms with van der Waals surface area (Å²) in [6, 6.07) is 10.3. The van der Waals surface area contributed by atoms with Gasteiger partial charge in [0.1, 0.15) is 17.3 Å². The van der Waals surface area contributed by atoms with Crippen LogP contribution in [0.1, 0.15) is 49.8 Å². The van der Waals surface area contributed by atoms with Crippen molar-refractivity contribution < 1.29 is 24.5 Å². The van der Waals surface area contributed by atoms with Gasteiger partial charge in [0.2, 0.25) is 0 Å². The van der Waals surface area contributed by atoms with Crippen molar-refractivity contribution in [1.82, 2.24) is 4.90 Å². The summed E-state index contributed by atoms with van der Waals surface area (Å²) in [5.41, 5.74) is 0.755. The predicted molar refractivity (Wildman–Crippen MR) is 117 cm³/mol. The van der Waals surface area contributed by atoms with Crippen LogP contribution in [0.25, 0.3) is 5.76 Å². The van der Waals surface area contributed by atoms with Gasteiger partial charge in [0, 0.05) is 11.6 Å². The van der Waals surface area contributed by atoms with E-state index in [4.69, 9.17) is 16.3 Å². The van der Waals surface area contributed by atoms with Crippen LogP contribution in [0.5, 0.6) is 11.5 Å². The van der Waals surface area contributed by atoms with Gasteiger partial charge in [-0.05, 0) is 55.7 Å². The maximum atomic E-state index is 13.1. The molecule has 2 aromatic rings. The molecule has 31 heavy (non-hydrogen) atoms. The second-order valence-corrected chi connectivity index (χ2v) is 8.22. The third-order valence-corrected chi connectivity index (χ3v) is 6.22. The van der Waals surface area contributed by atoms with Gasteiger partial charge >= 0.3 is 0 Å². The van der Waals surface area contributed by atoms with Gasteiger partial charge in [-0.2, -0.15) is 0 Å². The number of halogens is 1. The number of aromatic hydroxyl groups is 1. The summed E-state index contributed by atoms with van der Waals surface area (Å²) in [7, 11) is 0. The minimum Gasteiger partial charge on any atom is -0.508 e. The van der Waals surface area contributed by atoms with Crippen LogP contribution in [0.2, 0.25) is 5.02 Å². The van der Waals surface area contributed by atoms with Gasteiger partial charge in [-0.1, -0.05) is 36.6 Å². The van der Waals surface area contributed by atoms with Crippen molar-refractivity contribution in [2.45, 2.75) is 44.7 Å². The van der Waals surface area contributed by atoms with Gasteiger partial charge in [-0.3, -0.25) is 9.59 Å². The van der Waals surface area contributed by atoms with Crippen molar-refractivity contribution in [3.8, 4) is 11.5 Å². The van der Waals surface area contributed by atoms with Crippen LogP contribution in [0.3, 0.4) is 0 Å². The highest BCUT2D eigenvalue weighted by molar-refractivity contribution is 6.47. The first-order valence-corrected chi connectivity index (χ1v) is 10.8. The van der Waals surface area contributed by atoms with E-state index in [0.717, 1.165) is 25.7 Å². The standard InChI is InChI=1S/C24H24ClNO5/c1-2-31-17-10-11-19(25)18(13-17)22(28)20-21(14-6-5-9-16(27)12-14)26(24(30)23(20)29)15-7-3-4-8-15/h5-6,9-13,15,21,27-28H,2-4,7-8H2,1H3/b22-20+. The summed E-state index contributed by atoms with van der Waals surface area (Å²) in [6.45, 7) is 2.26. The van der Waals surface area contributed by atoms with Crippen molar-refractivity contribution in [2.24, 2.45) is 0 Å². The van der Waals surface area contributed by atoms with Gasteiger partial charge in [-0.15, -0.1) is 0 Å². The number of aliphatic hydroxyl groups is 1. The molecule has 2 N–H and O–H groups in total. The third kappa shape index (κ3) is 3.88. The molecule has 1 saturated heterocycles. The van der Waals surface area contributed by atoms with Crippen LogP contribution < -0.4 is 4.74 Å². The van der Waals surface area contributed by atoms with Crippen LogP contribution in [-0.2, 0) is 9.59 Å². The zero-order valence-corrected chi connectivity index (χ0v) is 17.9. The van der Waals surface area contributed by atoms with Gasteiger partial charge in [-0.25, -0.2) is 0 Å². The number of rotatable bonds is 5. The number of aliphatic hydroxyl groups excluding tert-OH is 1. The normalized spacial score (nSPS) is 21.1. The molecule has 1 saturated carbocycles. The average Bonchev–Trinajstić information content (AvgIpc) is 3.36. The SMILES string of the molecule is CCOc1ccc(Cl)c(/C(O)=C2\C(=O)C(=O)N(C3CCCC3)C2c2cccc(O)c2)c1. The van der Waals surface area contributed by atoms with Crippen LogP contribution in [0.4, 0.5) is 0 Å². The molecular formula is C24H24ClNO5. The summed E-state index contributed by atoms with van der Waals surface area (Å²) in [6.07, 6.45) is 3.54. The van der Waals surface area contributed by atoms with Crippen molar-refractivity contribution >= 4 is 29.1 Å². The Morgan fingerprint density at radius 2 is 1.90 bits per heavy atom. The fourth-order valence-corrected chi connectivity index (χ4v) is 4.73. The van der Waals surface area contributed by atoms with E-state index in [1.54, 1.807) is 35.2 Å². The minimum atomic E-state index is -0.804. The van der Waals surface area contributed by atoms with Gasteiger partial charge in [0.15, 0.2) is 0 Å². The number of benzene rings is 2. The molecule has 6 nitrogen and oxygen atoms in total. The number of nitrogens with zero attached hydrogens (tertiary/aromatic N) is 1. The molecule has 0 aromatic heterocycles. The van der Waals surface area contributed by atoms with E-state index in [9.17, 15) is 19.8 Å². The molecule has 1 atom stereocenters. The molecule has 7 heteroatoms. The number of likely N-dealkylation sites (tertiary alicyclic amines) is 1. The summed E-state index contributed by atoms with van der Waals surface area (Å²) in [5.74, 6) is -1.23. The monoisotopic (exact) mass is 441 g/mol. The Morgan fingerprint density at radius 3 is 2.58 bits per heavy atom. The van der Waals surface area contributed by atoms with Crippen LogP contribution >= 0.6 is 11.6 Å². The Hall–Kier alpha value is -2.99. The van der Waals surface area contributed by atoms with E-state index in [1.807, 2.05) is 6.92 Å². The number of phenolic OH excluding ortho intramolecular Hbond substituents is 1. The maximum absolute atomic E-state index is 13.1. The lowest BCUT2D eigenvalue weighted by molar-refractivity contribution is -0.141. The summed E-state index contributed by atoms with van der Waals surface area (Å²) in [4.78, 5) is 27.8. The summed E-state index contributed by atoms with van der Waals surface area (Å²) in [5, 5.41) is 21.5. The Kier molecular flexibility index (Phi) is 5.92. The molecule has 0 radical (unpaired) electrons. The Balaban J connectivity index is 1.90. The molecule has 1 aliphatic carbocycles. The zero-order chi connectivity index (χ0) is 22.1. The first kappa shape index (κ1) is 21.2. The second-order valence-electron chi connectivity index (χ2n) is 7.81. The van der Waals surface area contributed by atoms with Crippen molar-refractivity contribution in [3.63, 3.8) is 0 Å². The van der Waals surface area contributed by atoms with Gasteiger partial charge in [0.25, 0.3) is 11.7 Å². The number of hydrogen-bond donors (Lipinski definition) is 2. The fraction of sp³-hybridized carbons (Fsp3) is 0.333. The van der Waals surface area contributed by atoms with E-state index in [0.29, 0.717) is 17.9 Å². The molecule has 2 aromatic carbocycles. The first-order valence-electron chi connectivity index (χ1n) is 10.4. The van der Waals surface area contributed by atoms with E-state index in [1.165, 1.54) is 12.1 Å². The number of Topliss-reactive ketones (excluding diaryl/α,β-unsaturated/α-hetero) is 1. The zero-order valence-electron chi connectivity index (χ0n) is 17.2. The van der Waals surface area contributed by atoms with Crippen molar-refractivity contribution in [3.05, 3.63) is 64.2 Å². The Morgan fingerprint density at radius 1 is 1.16 bits per heavy atom. The molecule has 4 rings (SSSR count). The number of carbonyl (C=O) groups is 2. The van der Waals surface area contributed by atoms with Crippen molar-refractivity contribution in [2.75, 3.05) is 6.61 Å². The van der Waals surface area contributed by atoms with Gasteiger partial charge < -0.3 is 19.8 Å². The van der Waals surface area contributed by atoms with E-state index in [-0.39, 0.29) is 33.7 Å². The third-order valence-electron chi connectivity index (χ3n) is 5.89. The summed E-state index contributed by atoms with van der Waals surface area (Å²) >= 11 is 6.34. The van der Waals surface area contributed by atoms with E-state index in [2.05, 4.69) is 0 Å². The van der Waals surface area contributed by atoms with Crippen LogP contribution in [0.15, 0.2) is 48.0 Å². The maximum Gasteiger partial charge on any atom is 0.295 e. The average molecular weight is 442 g/mol. The topological polar surface area (TPSA) is 87.1 Å². The lowest BCUT2D eigenvalue weighted by Crippen LogP contribution is -2.37. The number of hydrogen-bond acceptors (Lipinski definition) is 5. The summed E-state index contributed by atoms with van der Waals surface area (Å²) < 4.78 is 5.50. The van der Waals surface area contributed by atoms with Crippen LogP contribution in [-0.4, -0.2) is 39.5 Å². The minimum absolute atomic E-state index is 0.0193. The lowest BCUT2D eigenvalue weighted by Gasteiger charge is -2.30. The van der Waals surface area contributed by atoms with Gasteiger partial charge in [0.05, 0.1) is 23.2 Å². The second kappa shape index (κ2) is 8.63. The molecular weight excluding hydrogens is 418 g/mol. The van der Waals surface area contributed by atoms with E-state index >= 15 is 0 Å². The molecule has 0 bridgehead atoms. The number of carbonyl (C=O) groups excluding carboxylic acids is 2.